The van der Waals surface area contributed by atoms with E-state index in [1.54, 1.807) is 0 Å². The van der Waals surface area contributed by atoms with Crippen molar-refractivity contribution in [3.8, 4) is 0 Å². The average molecular weight is 378 g/mol. The van der Waals surface area contributed by atoms with Crippen molar-refractivity contribution in [2.75, 3.05) is 6.54 Å². The lowest BCUT2D eigenvalue weighted by Crippen LogP contribution is -2.38. The quantitative estimate of drug-likeness (QED) is 0.730. The van der Waals surface area contributed by atoms with E-state index in [0.29, 0.717) is 6.54 Å². The Bertz CT molecular complexity index is 767. The van der Waals surface area contributed by atoms with E-state index < -0.39 is 23.8 Å². The Kier molecular flexibility index (Phi) is 7.16. The van der Waals surface area contributed by atoms with E-state index in [9.17, 15) is 14.0 Å². The smallest absolute Gasteiger partial charge is 0.341 e. The summed E-state index contributed by atoms with van der Waals surface area (Å²) in [4.78, 5) is 24.3. The van der Waals surface area contributed by atoms with Crippen LogP contribution in [0.15, 0.2) is 48.5 Å². The number of halogens is 2. The van der Waals surface area contributed by atoms with E-state index >= 15 is 0 Å². The number of rotatable bonds is 7. The molecular formula is C20H21ClFNO3. The monoisotopic (exact) mass is 377 g/mol. The minimum Gasteiger partial charge on any atom is -0.449 e. The predicted molar refractivity (Wildman–Crippen MR) is 98.8 cm³/mol. The lowest BCUT2D eigenvalue weighted by atomic mass is 9.96. The standard InChI is InChI=1S/C20H21ClFNO3/c1-3-14(15-7-5-4-6-8-15)12-23-19(24)13(2)26-20(25)17-11-16(21)9-10-18(17)22/h4-11,13-14H,3,12H2,1-2H3,(H,23,24)/t13-,14-/m0/s1. The molecule has 1 N–H and O–H groups in total. The first-order valence-electron chi connectivity index (χ1n) is 8.41. The van der Waals surface area contributed by atoms with E-state index in [4.69, 9.17) is 16.3 Å². The number of nitrogens with one attached hydrogen (secondary N) is 1. The molecule has 0 unspecified atom stereocenters. The molecule has 2 rings (SSSR count). The third-order valence-corrected chi connectivity index (χ3v) is 4.32. The summed E-state index contributed by atoms with van der Waals surface area (Å²) in [6.07, 6.45) is -0.194. The molecule has 2 atom stereocenters. The molecule has 0 aliphatic rings. The van der Waals surface area contributed by atoms with Gasteiger partial charge in [-0.1, -0.05) is 48.9 Å². The summed E-state index contributed by atoms with van der Waals surface area (Å²) in [5.74, 6) is -1.95. The van der Waals surface area contributed by atoms with Gasteiger partial charge in [0.1, 0.15) is 5.82 Å². The van der Waals surface area contributed by atoms with Gasteiger partial charge in [-0.2, -0.15) is 0 Å². The summed E-state index contributed by atoms with van der Waals surface area (Å²) in [6, 6.07) is 13.4. The fourth-order valence-corrected chi connectivity index (χ4v) is 2.69. The number of hydrogen-bond acceptors (Lipinski definition) is 3. The Morgan fingerprint density at radius 2 is 1.88 bits per heavy atom. The first kappa shape index (κ1) is 19.9. The van der Waals surface area contributed by atoms with Crippen LogP contribution >= 0.6 is 11.6 Å². The molecule has 4 nitrogen and oxygen atoms in total. The van der Waals surface area contributed by atoms with E-state index in [2.05, 4.69) is 5.32 Å². The first-order chi connectivity index (χ1) is 12.4. The lowest BCUT2D eigenvalue weighted by molar-refractivity contribution is -0.129. The van der Waals surface area contributed by atoms with Crippen molar-refractivity contribution >= 4 is 23.5 Å². The van der Waals surface area contributed by atoms with Gasteiger partial charge >= 0.3 is 5.97 Å². The zero-order valence-electron chi connectivity index (χ0n) is 14.7. The third-order valence-electron chi connectivity index (χ3n) is 4.09. The maximum absolute atomic E-state index is 13.7. The highest BCUT2D eigenvalue weighted by Gasteiger charge is 2.22. The summed E-state index contributed by atoms with van der Waals surface area (Å²) in [5, 5.41) is 2.99. The fourth-order valence-electron chi connectivity index (χ4n) is 2.52. The summed E-state index contributed by atoms with van der Waals surface area (Å²) in [5.41, 5.74) is 0.828. The predicted octanol–water partition coefficient (Wildman–Crippen LogP) is 4.33. The Morgan fingerprint density at radius 1 is 1.19 bits per heavy atom. The van der Waals surface area contributed by atoms with Crippen LogP contribution in [0.4, 0.5) is 4.39 Å². The number of hydrogen-bond donors (Lipinski definition) is 1. The summed E-state index contributed by atoms with van der Waals surface area (Å²) < 4.78 is 18.8. The maximum Gasteiger partial charge on any atom is 0.341 e. The van der Waals surface area contributed by atoms with Crippen LogP contribution in [0.5, 0.6) is 0 Å². The van der Waals surface area contributed by atoms with Crippen LogP contribution in [0.3, 0.4) is 0 Å². The van der Waals surface area contributed by atoms with Crippen LogP contribution < -0.4 is 5.32 Å². The molecule has 2 aromatic carbocycles. The van der Waals surface area contributed by atoms with Crippen molar-refractivity contribution in [3.05, 3.63) is 70.5 Å². The molecule has 6 heteroatoms. The van der Waals surface area contributed by atoms with Crippen LogP contribution in [0.1, 0.15) is 42.1 Å². The number of benzene rings is 2. The second kappa shape index (κ2) is 9.34. The van der Waals surface area contributed by atoms with Crippen LogP contribution in [-0.2, 0) is 9.53 Å². The van der Waals surface area contributed by atoms with Gasteiger partial charge in [0, 0.05) is 17.5 Å². The molecular weight excluding hydrogens is 357 g/mol. The average Bonchev–Trinajstić information content (AvgIpc) is 2.64. The van der Waals surface area contributed by atoms with E-state index in [-0.39, 0.29) is 16.5 Å². The van der Waals surface area contributed by atoms with Crippen molar-refractivity contribution in [1.29, 1.82) is 0 Å². The Balaban J connectivity index is 1.92. The molecule has 0 spiro atoms. The molecule has 0 bridgehead atoms. The number of ether oxygens (including phenoxy) is 1. The Hall–Kier alpha value is -2.40. The van der Waals surface area contributed by atoms with Crippen molar-refractivity contribution in [2.24, 2.45) is 0 Å². The Labute approximate surface area is 157 Å². The van der Waals surface area contributed by atoms with E-state index in [0.717, 1.165) is 18.1 Å². The summed E-state index contributed by atoms with van der Waals surface area (Å²) >= 11 is 5.77. The van der Waals surface area contributed by atoms with Crippen LogP contribution in [0.25, 0.3) is 0 Å². The molecule has 2 aromatic rings. The van der Waals surface area contributed by atoms with Crippen LogP contribution in [0.2, 0.25) is 5.02 Å². The molecule has 26 heavy (non-hydrogen) atoms. The molecule has 0 aliphatic carbocycles. The van der Waals surface area contributed by atoms with Crippen molar-refractivity contribution < 1.29 is 18.7 Å². The van der Waals surface area contributed by atoms with Crippen LogP contribution in [-0.4, -0.2) is 24.5 Å². The number of amides is 1. The second-order valence-corrected chi connectivity index (χ2v) is 6.37. The SMILES string of the molecule is CC[C@@H](CNC(=O)[C@H](C)OC(=O)c1cc(Cl)ccc1F)c1ccccc1. The fraction of sp³-hybridized carbons (Fsp3) is 0.300. The van der Waals surface area contributed by atoms with Gasteiger partial charge in [-0.05, 0) is 37.1 Å². The highest BCUT2D eigenvalue weighted by Crippen LogP contribution is 2.19. The molecule has 1 amide bonds. The third kappa shape index (κ3) is 5.30. The van der Waals surface area contributed by atoms with Gasteiger partial charge in [0.05, 0.1) is 5.56 Å². The van der Waals surface area contributed by atoms with Crippen molar-refractivity contribution in [3.63, 3.8) is 0 Å². The van der Waals surface area contributed by atoms with Crippen LogP contribution in [0, 0.1) is 5.82 Å². The minimum absolute atomic E-state index is 0.161. The molecule has 0 radical (unpaired) electrons. The largest absolute Gasteiger partial charge is 0.449 e. The second-order valence-electron chi connectivity index (χ2n) is 5.93. The maximum atomic E-state index is 13.7. The molecule has 0 saturated heterocycles. The molecule has 138 valence electrons. The van der Waals surface area contributed by atoms with Gasteiger partial charge < -0.3 is 10.1 Å². The van der Waals surface area contributed by atoms with E-state index in [1.165, 1.54) is 19.1 Å². The topological polar surface area (TPSA) is 55.4 Å². The normalized spacial score (nSPS) is 12.9. The van der Waals surface area contributed by atoms with Gasteiger partial charge in [0.25, 0.3) is 5.91 Å². The van der Waals surface area contributed by atoms with Gasteiger partial charge in [-0.3, -0.25) is 4.79 Å². The molecule has 0 aliphatic heterocycles. The number of carbonyl (C=O) groups is 2. The van der Waals surface area contributed by atoms with Gasteiger partial charge in [-0.15, -0.1) is 0 Å². The molecule has 0 fully saturated rings. The van der Waals surface area contributed by atoms with Crippen molar-refractivity contribution in [1.82, 2.24) is 5.32 Å². The molecule has 0 heterocycles. The highest BCUT2D eigenvalue weighted by molar-refractivity contribution is 6.30. The zero-order chi connectivity index (χ0) is 19.1. The van der Waals surface area contributed by atoms with Crippen molar-refractivity contribution in [2.45, 2.75) is 32.3 Å². The minimum atomic E-state index is -1.05. The van der Waals surface area contributed by atoms with Gasteiger partial charge in [0.15, 0.2) is 6.10 Å². The first-order valence-corrected chi connectivity index (χ1v) is 8.78. The number of esters is 1. The van der Waals surface area contributed by atoms with Gasteiger partial charge in [0.2, 0.25) is 0 Å². The lowest BCUT2D eigenvalue weighted by Gasteiger charge is -2.18. The summed E-state index contributed by atoms with van der Waals surface area (Å²) in [6.45, 7) is 3.90. The Morgan fingerprint density at radius 3 is 2.54 bits per heavy atom. The van der Waals surface area contributed by atoms with E-state index in [1.807, 2.05) is 37.3 Å². The molecule has 0 aromatic heterocycles. The summed E-state index contributed by atoms with van der Waals surface area (Å²) in [7, 11) is 0. The zero-order valence-corrected chi connectivity index (χ0v) is 15.4. The highest BCUT2D eigenvalue weighted by atomic mass is 35.5. The molecule has 0 saturated carbocycles. The number of carbonyl (C=O) groups excluding carboxylic acids is 2. The van der Waals surface area contributed by atoms with Gasteiger partial charge in [-0.25, -0.2) is 9.18 Å².